The standard InChI is InChI=1S/C18H22F2N4O2/c19-11-4-6-12(7-5-11)21-18(26)10-8-15(25)24(9-10)17-16-13(20)2-1-3-14(16)22-23-17/h4-7,10,13-14,16-17,22-23H,1-3,8-9H2,(H,21,26). The number of halogens is 2. The number of fused-ring (bicyclic) bond motifs is 1. The van der Waals surface area contributed by atoms with Crippen molar-refractivity contribution in [3.05, 3.63) is 30.1 Å². The maximum Gasteiger partial charge on any atom is 0.229 e. The lowest BCUT2D eigenvalue weighted by atomic mass is 9.82. The Bertz CT molecular complexity index is 699. The van der Waals surface area contributed by atoms with E-state index in [2.05, 4.69) is 16.2 Å². The smallest absolute Gasteiger partial charge is 0.229 e. The lowest BCUT2D eigenvalue weighted by molar-refractivity contribution is -0.131. The highest BCUT2D eigenvalue weighted by Crippen LogP contribution is 2.36. The number of likely N-dealkylation sites (tertiary alicyclic amines) is 1. The molecule has 4 rings (SSSR count). The average Bonchev–Trinajstić information content (AvgIpc) is 3.21. The zero-order chi connectivity index (χ0) is 18.3. The lowest BCUT2D eigenvalue weighted by Gasteiger charge is -2.34. The van der Waals surface area contributed by atoms with Gasteiger partial charge in [-0.05, 0) is 43.5 Å². The van der Waals surface area contributed by atoms with Crippen molar-refractivity contribution in [3.63, 3.8) is 0 Å². The summed E-state index contributed by atoms with van der Waals surface area (Å²) in [5, 5.41) is 2.71. The van der Waals surface area contributed by atoms with E-state index < -0.39 is 18.3 Å². The summed E-state index contributed by atoms with van der Waals surface area (Å²) < 4.78 is 27.4. The predicted molar refractivity (Wildman–Crippen MR) is 90.9 cm³/mol. The van der Waals surface area contributed by atoms with E-state index in [0.717, 1.165) is 12.8 Å². The van der Waals surface area contributed by atoms with Crippen molar-refractivity contribution in [2.75, 3.05) is 11.9 Å². The Hall–Kier alpha value is -2.06. The van der Waals surface area contributed by atoms with E-state index >= 15 is 0 Å². The highest BCUT2D eigenvalue weighted by Gasteiger charge is 2.49. The summed E-state index contributed by atoms with van der Waals surface area (Å²) >= 11 is 0. The Morgan fingerprint density at radius 1 is 1.19 bits per heavy atom. The SMILES string of the molecule is O=C(Nc1ccc(F)cc1)C1CC(=O)N(C2NNC3CCCC(F)C32)C1. The van der Waals surface area contributed by atoms with Crippen LogP contribution < -0.4 is 16.2 Å². The molecule has 3 aliphatic rings. The number of rotatable bonds is 3. The first-order valence-corrected chi connectivity index (χ1v) is 9.04. The van der Waals surface area contributed by atoms with Crippen LogP contribution >= 0.6 is 0 Å². The first-order chi connectivity index (χ1) is 12.5. The second-order valence-corrected chi connectivity index (χ2v) is 7.31. The molecule has 1 saturated carbocycles. The molecule has 0 bridgehead atoms. The fourth-order valence-corrected chi connectivity index (χ4v) is 4.28. The van der Waals surface area contributed by atoms with Crippen LogP contribution in [0, 0.1) is 17.7 Å². The zero-order valence-corrected chi connectivity index (χ0v) is 14.3. The van der Waals surface area contributed by atoms with Gasteiger partial charge >= 0.3 is 0 Å². The summed E-state index contributed by atoms with van der Waals surface area (Å²) in [5.41, 5.74) is 6.65. The summed E-state index contributed by atoms with van der Waals surface area (Å²) in [7, 11) is 0. The quantitative estimate of drug-likeness (QED) is 0.761. The summed E-state index contributed by atoms with van der Waals surface area (Å²) in [6.07, 6.45) is 0.940. The molecule has 0 spiro atoms. The fraction of sp³-hybridized carbons (Fsp3) is 0.556. The molecule has 140 valence electrons. The average molecular weight is 364 g/mol. The molecule has 1 aromatic carbocycles. The van der Waals surface area contributed by atoms with Gasteiger partial charge in [-0.2, -0.15) is 0 Å². The number of benzene rings is 1. The minimum atomic E-state index is -0.957. The molecular formula is C18H22F2N4O2. The number of carbonyl (C=O) groups excluding carboxylic acids is 2. The van der Waals surface area contributed by atoms with Crippen molar-refractivity contribution in [2.45, 2.75) is 44.1 Å². The first kappa shape index (κ1) is 17.4. The second-order valence-electron chi connectivity index (χ2n) is 7.31. The van der Waals surface area contributed by atoms with Gasteiger partial charge in [-0.3, -0.25) is 15.0 Å². The highest BCUT2D eigenvalue weighted by molar-refractivity contribution is 5.97. The molecule has 5 atom stereocenters. The number of hydrogen-bond acceptors (Lipinski definition) is 4. The molecule has 5 unspecified atom stereocenters. The molecule has 2 aliphatic heterocycles. The van der Waals surface area contributed by atoms with Crippen molar-refractivity contribution in [2.24, 2.45) is 11.8 Å². The molecule has 2 amide bonds. The molecular weight excluding hydrogens is 342 g/mol. The van der Waals surface area contributed by atoms with Crippen LogP contribution in [0.4, 0.5) is 14.5 Å². The number of nitrogens with one attached hydrogen (secondary N) is 3. The van der Waals surface area contributed by atoms with Crippen LogP contribution in [0.1, 0.15) is 25.7 Å². The summed E-state index contributed by atoms with van der Waals surface area (Å²) in [4.78, 5) is 26.5. The number of nitrogens with zero attached hydrogens (tertiary/aromatic N) is 1. The Morgan fingerprint density at radius 3 is 2.73 bits per heavy atom. The normalized spacial score (nSPS) is 34.0. The molecule has 0 aromatic heterocycles. The van der Waals surface area contributed by atoms with E-state index in [9.17, 15) is 18.4 Å². The largest absolute Gasteiger partial charge is 0.326 e. The summed E-state index contributed by atoms with van der Waals surface area (Å²) in [5.74, 6) is -1.60. The molecule has 0 radical (unpaired) electrons. The molecule has 6 nitrogen and oxygen atoms in total. The second kappa shape index (κ2) is 6.92. The van der Waals surface area contributed by atoms with E-state index in [1.54, 1.807) is 4.90 Å². The van der Waals surface area contributed by atoms with Crippen molar-refractivity contribution >= 4 is 17.5 Å². The van der Waals surface area contributed by atoms with Crippen LogP contribution in [0.5, 0.6) is 0 Å². The first-order valence-electron chi connectivity index (χ1n) is 9.04. The number of alkyl halides is 1. The highest BCUT2D eigenvalue weighted by atomic mass is 19.1. The van der Waals surface area contributed by atoms with Crippen molar-refractivity contribution in [3.8, 4) is 0 Å². The predicted octanol–water partition coefficient (Wildman–Crippen LogP) is 1.55. The van der Waals surface area contributed by atoms with Crippen LogP contribution in [-0.4, -0.2) is 41.6 Å². The van der Waals surface area contributed by atoms with Crippen molar-refractivity contribution in [1.29, 1.82) is 0 Å². The Balaban J connectivity index is 1.42. The molecule has 8 heteroatoms. The van der Waals surface area contributed by atoms with Gasteiger partial charge < -0.3 is 10.2 Å². The summed E-state index contributed by atoms with van der Waals surface area (Å²) in [6.45, 7) is 0.251. The van der Waals surface area contributed by atoms with E-state index in [1.807, 2.05) is 0 Å². The number of hydrazine groups is 1. The molecule has 3 fully saturated rings. The van der Waals surface area contributed by atoms with E-state index in [4.69, 9.17) is 0 Å². The molecule has 1 aromatic rings. The number of anilines is 1. The van der Waals surface area contributed by atoms with Crippen LogP contribution in [0.15, 0.2) is 24.3 Å². The topological polar surface area (TPSA) is 73.5 Å². The van der Waals surface area contributed by atoms with E-state index in [-0.39, 0.29) is 42.6 Å². The maximum atomic E-state index is 14.4. The number of carbonyl (C=O) groups is 2. The van der Waals surface area contributed by atoms with E-state index in [1.165, 1.54) is 24.3 Å². The van der Waals surface area contributed by atoms with Crippen LogP contribution in [0.3, 0.4) is 0 Å². The zero-order valence-electron chi connectivity index (χ0n) is 14.3. The minimum absolute atomic E-state index is 0.0173. The van der Waals surface area contributed by atoms with Crippen LogP contribution in [0.2, 0.25) is 0 Å². The van der Waals surface area contributed by atoms with Crippen molar-refractivity contribution in [1.82, 2.24) is 15.8 Å². The molecule has 1 aliphatic carbocycles. The monoisotopic (exact) mass is 364 g/mol. The van der Waals surface area contributed by atoms with Gasteiger partial charge in [-0.15, -0.1) is 0 Å². The Morgan fingerprint density at radius 2 is 1.96 bits per heavy atom. The van der Waals surface area contributed by atoms with Gasteiger partial charge in [0, 0.05) is 30.6 Å². The van der Waals surface area contributed by atoms with Crippen LogP contribution in [0.25, 0.3) is 0 Å². The van der Waals surface area contributed by atoms with Crippen LogP contribution in [-0.2, 0) is 9.59 Å². The molecule has 2 saturated heterocycles. The third kappa shape index (κ3) is 3.19. The maximum absolute atomic E-state index is 14.4. The Kier molecular flexibility index (Phi) is 4.62. The third-order valence-corrected chi connectivity index (χ3v) is 5.64. The third-order valence-electron chi connectivity index (χ3n) is 5.64. The van der Waals surface area contributed by atoms with Gasteiger partial charge in [0.25, 0.3) is 0 Å². The van der Waals surface area contributed by atoms with Gasteiger partial charge in [0.1, 0.15) is 18.2 Å². The fourth-order valence-electron chi connectivity index (χ4n) is 4.28. The summed E-state index contributed by atoms with van der Waals surface area (Å²) in [6, 6.07) is 5.50. The van der Waals surface area contributed by atoms with Crippen molar-refractivity contribution < 1.29 is 18.4 Å². The van der Waals surface area contributed by atoms with Gasteiger partial charge in [0.05, 0.1) is 5.92 Å². The molecule has 26 heavy (non-hydrogen) atoms. The minimum Gasteiger partial charge on any atom is -0.326 e. The van der Waals surface area contributed by atoms with E-state index in [0.29, 0.717) is 12.1 Å². The number of amides is 2. The van der Waals surface area contributed by atoms with Gasteiger partial charge in [0.2, 0.25) is 11.8 Å². The van der Waals surface area contributed by atoms with Gasteiger partial charge in [-0.25, -0.2) is 14.2 Å². The molecule has 3 N–H and O–H groups in total. The molecule has 2 heterocycles. The Labute approximate surface area is 150 Å². The lowest BCUT2D eigenvalue weighted by Crippen LogP contribution is -2.50. The van der Waals surface area contributed by atoms with Gasteiger partial charge in [-0.1, -0.05) is 0 Å². The van der Waals surface area contributed by atoms with Gasteiger partial charge in [0.15, 0.2) is 0 Å². The number of hydrogen-bond donors (Lipinski definition) is 3.